The molecule has 112 valence electrons. The molecule has 1 aliphatic heterocycles. The van der Waals surface area contributed by atoms with Crippen LogP contribution in [-0.4, -0.2) is 59.0 Å². The van der Waals surface area contributed by atoms with E-state index in [1.54, 1.807) is 0 Å². The molecular formula is C15H27N5. The van der Waals surface area contributed by atoms with Gasteiger partial charge in [-0.25, -0.2) is 4.98 Å². The zero-order valence-electron chi connectivity index (χ0n) is 12.8. The van der Waals surface area contributed by atoms with Crippen molar-refractivity contribution in [2.24, 2.45) is 0 Å². The second kappa shape index (κ2) is 8.17. The van der Waals surface area contributed by atoms with E-state index in [4.69, 9.17) is 0 Å². The molecule has 1 aromatic heterocycles. The zero-order valence-corrected chi connectivity index (χ0v) is 12.8. The average Bonchev–Trinajstić information content (AvgIpc) is 2.49. The lowest BCUT2D eigenvalue weighted by molar-refractivity contribution is 0.126. The van der Waals surface area contributed by atoms with Crippen LogP contribution in [0.15, 0.2) is 12.4 Å². The van der Waals surface area contributed by atoms with Crippen LogP contribution in [0.4, 0.5) is 5.82 Å². The minimum Gasteiger partial charge on any atom is -0.369 e. The summed E-state index contributed by atoms with van der Waals surface area (Å²) in [6, 6.07) is 0. The molecular weight excluding hydrogens is 250 g/mol. The number of piperazine rings is 1. The molecule has 0 bridgehead atoms. The molecule has 1 aliphatic rings. The van der Waals surface area contributed by atoms with Gasteiger partial charge in [-0.3, -0.25) is 9.88 Å². The van der Waals surface area contributed by atoms with E-state index in [9.17, 15) is 0 Å². The summed E-state index contributed by atoms with van der Waals surface area (Å²) in [5.41, 5.74) is 1.07. The van der Waals surface area contributed by atoms with Crippen molar-refractivity contribution in [3.8, 4) is 0 Å². The van der Waals surface area contributed by atoms with Crippen molar-refractivity contribution in [3.63, 3.8) is 0 Å². The van der Waals surface area contributed by atoms with Crippen LogP contribution in [0.2, 0.25) is 0 Å². The van der Waals surface area contributed by atoms with E-state index in [1.807, 2.05) is 12.4 Å². The second-order valence-electron chi connectivity index (χ2n) is 5.44. The average molecular weight is 277 g/mol. The molecule has 0 atom stereocenters. The summed E-state index contributed by atoms with van der Waals surface area (Å²) in [6.07, 6.45) is 6.10. The van der Waals surface area contributed by atoms with Crippen LogP contribution in [0.25, 0.3) is 0 Å². The zero-order chi connectivity index (χ0) is 14.2. The van der Waals surface area contributed by atoms with Gasteiger partial charge in [0.05, 0.1) is 18.1 Å². The normalized spacial score (nSPS) is 17.3. The molecule has 5 heteroatoms. The third-order valence-corrected chi connectivity index (χ3v) is 3.65. The van der Waals surface area contributed by atoms with Gasteiger partial charge in [-0.15, -0.1) is 0 Å². The maximum Gasteiger partial charge on any atom is 0.144 e. The minimum absolute atomic E-state index is 0.878. The van der Waals surface area contributed by atoms with Crippen LogP contribution < -0.4 is 5.32 Å². The van der Waals surface area contributed by atoms with Crippen LogP contribution in [0.5, 0.6) is 0 Å². The van der Waals surface area contributed by atoms with Gasteiger partial charge in [0.1, 0.15) is 5.82 Å². The summed E-state index contributed by atoms with van der Waals surface area (Å²) in [4.78, 5) is 13.9. The lowest BCUT2D eigenvalue weighted by Crippen LogP contribution is -2.46. The summed E-state index contributed by atoms with van der Waals surface area (Å²) >= 11 is 0. The molecule has 2 rings (SSSR count). The summed E-state index contributed by atoms with van der Waals surface area (Å²) in [5.74, 6) is 0.878. The molecule has 0 amide bonds. The number of aromatic nitrogens is 2. The Morgan fingerprint density at radius 1 is 1.00 bits per heavy atom. The van der Waals surface area contributed by atoms with E-state index in [0.29, 0.717) is 0 Å². The third-order valence-electron chi connectivity index (χ3n) is 3.65. The van der Waals surface area contributed by atoms with Crippen molar-refractivity contribution in [3.05, 3.63) is 18.1 Å². The third kappa shape index (κ3) is 4.72. The van der Waals surface area contributed by atoms with Crippen molar-refractivity contribution in [1.29, 1.82) is 0 Å². The predicted octanol–water partition coefficient (Wildman–Crippen LogP) is 1.83. The Bertz CT molecular complexity index is 370. The molecule has 0 aliphatic carbocycles. The fourth-order valence-corrected chi connectivity index (χ4v) is 2.50. The van der Waals surface area contributed by atoms with Gasteiger partial charge in [-0.1, -0.05) is 13.8 Å². The van der Waals surface area contributed by atoms with Gasteiger partial charge in [0, 0.05) is 39.3 Å². The minimum atomic E-state index is 0.878. The van der Waals surface area contributed by atoms with E-state index >= 15 is 0 Å². The van der Waals surface area contributed by atoms with Crippen molar-refractivity contribution < 1.29 is 0 Å². The van der Waals surface area contributed by atoms with Gasteiger partial charge in [-0.2, -0.15) is 0 Å². The molecule has 0 unspecified atom stereocenters. The van der Waals surface area contributed by atoms with Crippen LogP contribution in [0, 0.1) is 0 Å². The van der Waals surface area contributed by atoms with Crippen molar-refractivity contribution in [1.82, 2.24) is 19.8 Å². The first-order valence-corrected chi connectivity index (χ1v) is 7.81. The lowest BCUT2D eigenvalue weighted by Gasteiger charge is -2.34. The molecule has 1 fully saturated rings. The van der Waals surface area contributed by atoms with E-state index in [2.05, 4.69) is 38.9 Å². The smallest absolute Gasteiger partial charge is 0.144 e. The number of nitrogens with one attached hydrogen (secondary N) is 1. The maximum atomic E-state index is 4.50. The molecule has 20 heavy (non-hydrogen) atoms. The first-order chi connectivity index (χ1) is 9.81. The van der Waals surface area contributed by atoms with E-state index in [0.717, 1.165) is 44.1 Å². The highest BCUT2D eigenvalue weighted by Gasteiger charge is 2.16. The van der Waals surface area contributed by atoms with Gasteiger partial charge < -0.3 is 10.2 Å². The highest BCUT2D eigenvalue weighted by Crippen LogP contribution is 2.08. The number of hydrogen-bond donors (Lipinski definition) is 1. The summed E-state index contributed by atoms with van der Waals surface area (Å²) in [6.45, 7) is 12.1. The Balaban J connectivity index is 1.76. The van der Waals surface area contributed by atoms with Crippen molar-refractivity contribution >= 4 is 5.82 Å². The second-order valence-corrected chi connectivity index (χ2v) is 5.44. The summed E-state index contributed by atoms with van der Waals surface area (Å²) in [5, 5.41) is 3.25. The van der Waals surface area contributed by atoms with Crippen molar-refractivity contribution in [2.45, 2.75) is 33.2 Å². The molecule has 0 spiro atoms. The standard InChI is InChI=1S/C15H27N5/c1-3-5-16-15-12-17-14(11-18-15)13-20-9-7-19(6-4-2)8-10-20/h11-12H,3-10,13H2,1-2H3,(H,16,18). The topological polar surface area (TPSA) is 44.3 Å². The Hall–Kier alpha value is -1.20. The molecule has 5 nitrogen and oxygen atoms in total. The number of nitrogens with zero attached hydrogens (tertiary/aromatic N) is 4. The fourth-order valence-electron chi connectivity index (χ4n) is 2.50. The molecule has 0 aromatic carbocycles. The van der Waals surface area contributed by atoms with Crippen LogP contribution in [0.1, 0.15) is 32.4 Å². The monoisotopic (exact) mass is 277 g/mol. The van der Waals surface area contributed by atoms with Crippen molar-refractivity contribution in [2.75, 3.05) is 44.6 Å². The Labute approximate surface area is 122 Å². The van der Waals surface area contributed by atoms with Gasteiger partial charge in [0.25, 0.3) is 0 Å². The SMILES string of the molecule is CCCNc1cnc(CN2CCN(CCC)CC2)cn1. The quantitative estimate of drug-likeness (QED) is 0.823. The van der Waals surface area contributed by atoms with Gasteiger partial charge in [0.15, 0.2) is 0 Å². The largest absolute Gasteiger partial charge is 0.369 e. The molecule has 0 saturated carbocycles. The first kappa shape index (κ1) is 15.2. The summed E-state index contributed by atoms with van der Waals surface area (Å²) in [7, 11) is 0. The predicted molar refractivity (Wildman–Crippen MR) is 82.8 cm³/mol. The van der Waals surface area contributed by atoms with Gasteiger partial charge in [0.2, 0.25) is 0 Å². The Morgan fingerprint density at radius 2 is 1.75 bits per heavy atom. The molecule has 1 aromatic rings. The maximum absolute atomic E-state index is 4.50. The van der Waals surface area contributed by atoms with Crippen LogP contribution in [-0.2, 0) is 6.54 Å². The molecule has 2 heterocycles. The highest BCUT2D eigenvalue weighted by atomic mass is 15.3. The van der Waals surface area contributed by atoms with E-state index in [-0.39, 0.29) is 0 Å². The van der Waals surface area contributed by atoms with E-state index in [1.165, 1.54) is 26.1 Å². The highest BCUT2D eigenvalue weighted by molar-refractivity contribution is 5.30. The fraction of sp³-hybridized carbons (Fsp3) is 0.733. The number of hydrogen-bond acceptors (Lipinski definition) is 5. The van der Waals surface area contributed by atoms with Gasteiger partial charge >= 0.3 is 0 Å². The first-order valence-electron chi connectivity index (χ1n) is 7.81. The van der Waals surface area contributed by atoms with E-state index < -0.39 is 0 Å². The summed E-state index contributed by atoms with van der Waals surface area (Å²) < 4.78 is 0. The van der Waals surface area contributed by atoms with Crippen LogP contribution >= 0.6 is 0 Å². The number of rotatable bonds is 7. The van der Waals surface area contributed by atoms with Crippen LogP contribution in [0.3, 0.4) is 0 Å². The lowest BCUT2D eigenvalue weighted by atomic mass is 10.3. The molecule has 1 saturated heterocycles. The number of anilines is 1. The molecule has 1 N–H and O–H groups in total. The Kier molecular flexibility index (Phi) is 6.21. The molecule has 0 radical (unpaired) electrons. The van der Waals surface area contributed by atoms with Gasteiger partial charge in [-0.05, 0) is 19.4 Å². The Morgan fingerprint density at radius 3 is 2.35 bits per heavy atom.